The Morgan fingerprint density at radius 2 is 2.18 bits per heavy atom. The summed E-state index contributed by atoms with van der Waals surface area (Å²) in [6.45, 7) is 2.16. The smallest absolute Gasteiger partial charge is 0.0448 e. The molecule has 2 heteroatoms. The average molecular weight is 281 g/mol. The van der Waals surface area contributed by atoms with Crippen LogP contribution in [0.5, 0.6) is 0 Å². The molecule has 0 aliphatic rings. The first kappa shape index (κ1) is 9.33. The molecule has 0 aliphatic carbocycles. The van der Waals surface area contributed by atoms with Gasteiger partial charge in [0.2, 0.25) is 0 Å². The molecule has 0 spiro atoms. The van der Waals surface area contributed by atoms with Gasteiger partial charge in [-0.05, 0) is 46.7 Å². The van der Waals surface area contributed by atoms with Crippen LogP contribution in [0.1, 0.15) is 18.9 Å². The number of hydrogen-bond donors (Lipinski definition) is 0. The molecule has 0 aliphatic heterocycles. The van der Waals surface area contributed by atoms with Crippen LogP contribution in [0.4, 0.5) is 0 Å². The van der Waals surface area contributed by atoms with Gasteiger partial charge in [-0.1, -0.05) is 31.0 Å². The van der Waals surface area contributed by atoms with E-state index >= 15 is 0 Å². The molecule has 1 aromatic carbocycles. The highest BCUT2D eigenvalue weighted by molar-refractivity contribution is 14.1. The van der Waals surface area contributed by atoms with Crippen molar-refractivity contribution in [2.24, 2.45) is 0 Å². The summed E-state index contributed by atoms with van der Waals surface area (Å²) in [5.41, 5.74) is 1.26. The van der Waals surface area contributed by atoms with Gasteiger partial charge in [0.15, 0.2) is 0 Å². The Labute approximate surface area is 86.1 Å². The lowest BCUT2D eigenvalue weighted by atomic mass is 10.1. The fraction of sp³-hybridized carbons (Fsp3) is 0.333. The van der Waals surface area contributed by atoms with Crippen molar-refractivity contribution >= 4 is 34.2 Å². The molecule has 0 unspecified atom stereocenters. The Hall–Kier alpha value is 0.240. The standard InChI is InChI=1S/C9H10ClI/c1-2-3-7-4-5-8(11)6-9(7)10/h4-6H,2-3H2,1H3. The van der Waals surface area contributed by atoms with Crippen LogP contribution >= 0.6 is 34.2 Å². The van der Waals surface area contributed by atoms with Crippen LogP contribution in [-0.2, 0) is 6.42 Å². The van der Waals surface area contributed by atoms with Gasteiger partial charge in [-0.2, -0.15) is 0 Å². The summed E-state index contributed by atoms with van der Waals surface area (Å²) in [7, 11) is 0. The van der Waals surface area contributed by atoms with Gasteiger partial charge in [0.05, 0.1) is 0 Å². The highest BCUT2D eigenvalue weighted by Gasteiger charge is 1.98. The second-order valence-electron chi connectivity index (χ2n) is 2.49. The van der Waals surface area contributed by atoms with Crippen molar-refractivity contribution in [2.45, 2.75) is 19.8 Å². The van der Waals surface area contributed by atoms with Gasteiger partial charge < -0.3 is 0 Å². The molecule has 0 fully saturated rings. The molecule has 0 nitrogen and oxygen atoms in total. The second kappa shape index (κ2) is 4.31. The highest BCUT2D eigenvalue weighted by Crippen LogP contribution is 2.19. The monoisotopic (exact) mass is 280 g/mol. The molecule has 0 bridgehead atoms. The van der Waals surface area contributed by atoms with E-state index in [0.717, 1.165) is 17.9 Å². The maximum absolute atomic E-state index is 6.00. The lowest BCUT2D eigenvalue weighted by Gasteiger charge is -2.01. The zero-order valence-corrected chi connectivity index (χ0v) is 9.32. The number of benzene rings is 1. The molecule has 1 rings (SSSR count). The van der Waals surface area contributed by atoms with Crippen LogP contribution in [0.3, 0.4) is 0 Å². The molecule has 0 saturated heterocycles. The SMILES string of the molecule is CCCc1ccc(I)cc1Cl. The van der Waals surface area contributed by atoms with Crippen molar-refractivity contribution < 1.29 is 0 Å². The number of rotatable bonds is 2. The van der Waals surface area contributed by atoms with E-state index in [4.69, 9.17) is 11.6 Å². The largest absolute Gasteiger partial charge is 0.0840 e. The van der Waals surface area contributed by atoms with E-state index < -0.39 is 0 Å². The molecule has 0 heterocycles. The van der Waals surface area contributed by atoms with Crippen molar-refractivity contribution in [1.29, 1.82) is 0 Å². The summed E-state index contributed by atoms with van der Waals surface area (Å²) < 4.78 is 1.20. The molecule has 0 radical (unpaired) electrons. The van der Waals surface area contributed by atoms with Gasteiger partial charge in [-0.25, -0.2) is 0 Å². The number of hydrogen-bond acceptors (Lipinski definition) is 0. The Kier molecular flexibility index (Phi) is 3.66. The first-order valence-corrected chi connectivity index (χ1v) is 5.13. The molecule has 0 N–H and O–H groups in total. The van der Waals surface area contributed by atoms with Gasteiger partial charge in [0.1, 0.15) is 0 Å². The highest BCUT2D eigenvalue weighted by atomic mass is 127. The zero-order valence-electron chi connectivity index (χ0n) is 6.40. The van der Waals surface area contributed by atoms with Gasteiger partial charge in [0.25, 0.3) is 0 Å². The molecule has 60 valence electrons. The van der Waals surface area contributed by atoms with Crippen LogP contribution in [-0.4, -0.2) is 0 Å². The van der Waals surface area contributed by atoms with Crippen molar-refractivity contribution in [3.8, 4) is 0 Å². The molecular formula is C9H10ClI. The molecule has 0 saturated carbocycles. The maximum atomic E-state index is 6.00. The van der Waals surface area contributed by atoms with Crippen molar-refractivity contribution in [2.75, 3.05) is 0 Å². The van der Waals surface area contributed by atoms with Crippen LogP contribution in [0.15, 0.2) is 18.2 Å². The molecule has 0 amide bonds. The Morgan fingerprint density at radius 1 is 1.45 bits per heavy atom. The van der Waals surface area contributed by atoms with Gasteiger partial charge in [0, 0.05) is 8.59 Å². The second-order valence-corrected chi connectivity index (χ2v) is 4.14. The van der Waals surface area contributed by atoms with Crippen LogP contribution < -0.4 is 0 Å². The molecule has 1 aromatic rings. The van der Waals surface area contributed by atoms with E-state index in [-0.39, 0.29) is 0 Å². The Bertz CT molecular complexity index is 245. The van der Waals surface area contributed by atoms with E-state index in [1.165, 1.54) is 9.13 Å². The zero-order chi connectivity index (χ0) is 8.27. The summed E-state index contributed by atoms with van der Waals surface area (Å²) in [6.07, 6.45) is 2.23. The van der Waals surface area contributed by atoms with Gasteiger partial charge in [-0.3, -0.25) is 0 Å². The minimum Gasteiger partial charge on any atom is -0.0840 e. The van der Waals surface area contributed by atoms with Crippen LogP contribution in [0.2, 0.25) is 5.02 Å². The minimum absolute atomic E-state index is 0.902. The first-order valence-electron chi connectivity index (χ1n) is 3.68. The van der Waals surface area contributed by atoms with Crippen LogP contribution in [0.25, 0.3) is 0 Å². The fourth-order valence-electron chi connectivity index (χ4n) is 0.994. The molecule has 0 aromatic heterocycles. The third kappa shape index (κ3) is 2.64. The first-order chi connectivity index (χ1) is 5.24. The predicted molar refractivity (Wildman–Crippen MR) is 58.2 cm³/mol. The molecular weight excluding hydrogens is 270 g/mol. The lowest BCUT2D eigenvalue weighted by Crippen LogP contribution is -1.84. The number of halogens is 2. The third-order valence-corrected chi connectivity index (χ3v) is 2.56. The van der Waals surface area contributed by atoms with E-state index in [0.29, 0.717) is 0 Å². The molecule has 0 atom stereocenters. The van der Waals surface area contributed by atoms with Gasteiger partial charge >= 0.3 is 0 Å². The van der Waals surface area contributed by atoms with E-state index in [2.05, 4.69) is 41.6 Å². The quantitative estimate of drug-likeness (QED) is 0.721. The normalized spacial score (nSPS) is 10.1. The predicted octanol–water partition coefficient (Wildman–Crippen LogP) is 3.90. The fourth-order valence-corrected chi connectivity index (χ4v) is 1.94. The minimum atomic E-state index is 0.902. The summed E-state index contributed by atoms with van der Waals surface area (Å²) >= 11 is 8.27. The van der Waals surface area contributed by atoms with E-state index in [1.807, 2.05) is 6.07 Å². The van der Waals surface area contributed by atoms with Crippen molar-refractivity contribution in [3.63, 3.8) is 0 Å². The Balaban J connectivity index is 2.90. The van der Waals surface area contributed by atoms with E-state index in [1.54, 1.807) is 0 Å². The Morgan fingerprint density at radius 3 is 2.73 bits per heavy atom. The number of aryl methyl sites for hydroxylation is 1. The van der Waals surface area contributed by atoms with Crippen LogP contribution in [0, 0.1) is 3.57 Å². The summed E-state index contributed by atoms with van der Waals surface area (Å²) in [5.74, 6) is 0. The lowest BCUT2D eigenvalue weighted by molar-refractivity contribution is 0.922. The summed E-state index contributed by atoms with van der Waals surface area (Å²) in [5, 5.41) is 0.902. The van der Waals surface area contributed by atoms with Crippen molar-refractivity contribution in [1.82, 2.24) is 0 Å². The topological polar surface area (TPSA) is 0 Å². The summed E-state index contributed by atoms with van der Waals surface area (Å²) in [6, 6.07) is 6.21. The average Bonchev–Trinajstić information content (AvgIpc) is 1.95. The van der Waals surface area contributed by atoms with Crippen molar-refractivity contribution in [3.05, 3.63) is 32.4 Å². The summed E-state index contributed by atoms with van der Waals surface area (Å²) in [4.78, 5) is 0. The van der Waals surface area contributed by atoms with Gasteiger partial charge in [-0.15, -0.1) is 0 Å². The molecule has 11 heavy (non-hydrogen) atoms. The third-order valence-electron chi connectivity index (χ3n) is 1.53. The van der Waals surface area contributed by atoms with E-state index in [9.17, 15) is 0 Å². The maximum Gasteiger partial charge on any atom is 0.0448 e.